The number of benzene rings is 2. The molecule has 0 heterocycles. The molecule has 2 nitrogen and oxygen atoms in total. The molecule has 3 rings (SSSR count). The molecule has 1 amide bonds. The second-order valence-corrected chi connectivity index (χ2v) is 5.35. The van der Waals surface area contributed by atoms with Crippen molar-refractivity contribution >= 4 is 17.5 Å². The summed E-state index contributed by atoms with van der Waals surface area (Å²) in [7, 11) is 0. The molecule has 0 aromatic heterocycles. The highest BCUT2D eigenvalue weighted by Gasteiger charge is 2.32. The van der Waals surface area contributed by atoms with Crippen molar-refractivity contribution in [3.8, 4) is 0 Å². The Bertz CT molecular complexity index is 611. The van der Waals surface area contributed by atoms with E-state index in [1.165, 1.54) is 16.7 Å². The molecule has 2 atom stereocenters. The van der Waals surface area contributed by atoms with Crippen LogP contribution in [0.5, 0.6) is 0 Å². The molecule has 20 heavy (non-hydrogen) atoms. The number of carbonyl (C=O) groups excluding carboxylic acids is 1. The van der Waals surface area contributed by atoms with Gasteiger partial charge < -0.3 is 5.32 Å². The highest BCUT2D eigenvalue weighted by molar-refractivity contribution is 6.27. The van der Waals surface area contributed by atoms with Gasteiger partial charge in [-0.1, -0.05) is 54.6 Å². The fraction of sp³-hybridized carbons (Fsp3) is 0.235. The first-order valence-electron chi connectivity index (χ1n) is 6.78. The van der Waals surface area contributed by atoms with Gasteiger partial charge in [0.15, 0.2) is 0 Å². The Morgan fingerprint density at radius 2 is 1.70 bits per heavy atom. The predicted octanol–water partition coefficient (Wildman–Crippen LogP) is 3.62. The van der Waals surface area contributed by atoms with E-state index < -0.39 is 0 Å². The minimum absolute atomic E-state index is 0.00860. The lowest BCUT2D eigenvalue weighted by Crippen LogP contribution is -2.28. The Morgan fingerprint density at radius 1 is 1.05 bits per heavy atom. The van der Waals surface area contributed by atoms with Crippen molar-refractivity contribution in [1.29, 1.82) is 0 Å². The zero-order chi connectivity index (χ0) is 13.9. The van der Waals surface area contributed by atoms with Crippen LogP contribution >= 0.6 is 11.6 Å². The second-order valence-electron chi connectivity index (χ2n) is 5.08. The van der Waals surface area contributed by atoms with Crippen molar-refractivity contribution in [1.82, 2.24) is 5.32 Å². The molecular weight excluding hydrogens is 270 g/mol. The summed E-state index contributed by atoms with van der Waals surface area (Å²) in [6.45, 7) is 0. The number of rotatable bonds is 3. The van der Waals surface area contributed by atoms with E-state index >= 15 is 0 Å². The molecule has 102 valence electrons. The summed E-state index contributed by atoms with van der Waals surface area (Å²) >= 11 is 5.60. The Kier molecular flexibility index (Phi) is 3.75. The van der Waals surface area contributed by atoms with Gasteiger partial charge in [-0.25, -0.2) is 0 Å². The Balaban J connectivity index is 1.94. The van der Waals surface area contributed by atoms with Crippen LogP contribution < -0.4 is 5.32 Å². The number of alkyl halides is 1. The van der Waals surface area contributed by atoms with E-state index in [1.807, 2.05) is 12.1 Å². The fourth-order valence-electron chi connectivity index (χ4n) is 3.01. The van der Waals surface area contributed by atoms with Crippen molar-refractivity contribution in [3.05, 3.63) is 71.3 Å². The molecule has 1 N–H and O–H groups in total. The van der Waals surface area contributed by atoms with Gasteiger partial charge in [0, 0.05) is 5.92 Å². The van der Waals surface area contributed by atoms with Crippen molar-refractivity contribution in [3.63, 3.8) is 0 Å². The molecule has 0 fully saturated rings. The Morgan fingerprint density at radius 3 is 2.40 bits per heavy atom. The van der Waals surface area contributed by atoms with Gasteiger partial charge in [0.1, 0.15) is 5.88 Å². The van der Waals surface area contributed by atoms with E-state index in [4.69, 9.17) is 11.6 Å². The number of halogens is 1. The Labute approximate surface area is 123 Å². The van der Waals surface area contributed by atoms with Gasteiger partial charge >= 0.3 is 0 Å². The molecule has 1 aliphatic carbocycles. The molecule has 0 aliphatic heterocycles. The van der Waals surface area contributed by atoms with Crippen molar-refractivity contribution in [2.75, 3.05) is 5.88 Å². The van der Waals surface area contributed by atoms with E-state index in [0.717, 1.165) is 6.42 Å². The molecule has 0 radical (unpaired) electrons. The first kappa shape index (κ1) is 13.2. The van der Waals surface area contributed by atoms with Gasteiger partial charge in [0.25, 0.3) is 0 Å². The minimum atomic E-state index is -0.111. The van der Waals surface area contributed by atoms with E-state index in [1.54, 1.807) is 0 Å². The van der Waals surface area contributed by atoms with Crippen LogP contribution in [0.1, 0.15) is 35.1 Å². The number of nitrogens with one attached hydrogen (secondary N) is 1. The van der Waals surface area contributed by atoms with Crippen LogP contribution in [0.3, 0.4) is 0 Å². The van der Waals surface area contributed by atoms with Gasteiger partial charge in [-0.3, -0.25) is 4.79 Å². The fourth-order valence-corrected chi connectivity index (χ4v) is 3.08. The van der Waals surface area contributed by atoms with E-state index in [9.17, 15) is 4.79 Å². The molecule has 0 spiro atoms. The molecule has 3 heteroatoms. The van der Waals surface area contributed by atoms with Gasteiger partial charge in [-0.05, 0) is 23.1 Å². The summed E-state index contributed by atoms with van der Waals surface area (Å²) in [5.74, 6) is 0.238. The third-order valence-corrected chi connectivity index (χ3v) is 4.12. The minimum Gasteiger partial charge on any atom is -0.348 e. The smallest absolute Gasteiger partial charge is 0.235 e. The molecule has 1 aliphatic rings. The number of amides is 1. The number of fused-ring (bicyclic) bond motifs is 1. The topological polar surface area (TPSA) is 29.1 Å². The SMILES string of the molecule is O=C(CCl)N[C@H]1C[C@@H](c2ccccc2)c2ccccc21. The van der Waals surface area contributed by atoms with Crippen molar-refractivity contribution < 1.29 is 4.79 Å². The number of hydrogen-bond donors (Lipinski definition) is 1. The highest BCUT2D eigenvalue weighted by atomic mass is 35.5. The average Bonchev–Trinajstić information content (AvgIpc) is 2.87. The summed E-state index contributed by atoms with van der Waals surface area (Å²) in [4.78, 5) is 11.6. The van der Waals surface area contributed by atoms with E-state index in [0.29, 0.717) is 5.92 Å². The lowest BCUT2D eigenvalue weighted by molar-refractivity contribution is -0.119. The van der Waals surface area contributed by atoms with Gasteiger partial charge in [-0.15, -0.1) is 11.6 Å². The maximum absolute atomic E-state index is 11.6. The van der Waals surface area contributed by atoms with Gasteiger partial charge in [0.05, 0.1) is 6.04 Å². The summed E-state index contributed by atoms with van der Waals surface area (Å²) < 4.78 is 0. The van der Waals surface area contributed by atoms with E-state index in [2.05, 4.69) is 47.8 Å². The summed E-state index contributed by atoms with van der Waals surface area (Å²) in [5, 5.41) is 3.01. The number of carbonyl (C=O) groups is 1. The third-order valence-electron chi connectivity index (χ3n) is 3.88. The summed E-state index contributed by atoms with van der Waals surface area (Å²) in [5.41, 5.74) is 3.81. The highest BCUT2D eigenvalue weighted by Crippen LogP contribution is 2.43. The molecule has 2 aromatic rings. The van der Waals surface area contributed by atoms with E-state index in [-0.39, 0.29) is 17.8 Å². The van der Waals surface area contributed by atoms with Crippen LogP contribution in [-0.4, -0.2) is 11.8 Å². The number of hydrogen-bond acceptors (Lipinski definition) is 1. The zero-order valence-electron chi connectivity index (χ0n) is 11.1. The van der Waals surface area contributed by atoms with Crippen LogP contribution in [0.15, 0.2) is 54.6 Å². The predicted molar refractivity (Wildman–Crippen MR) is 80.9 cm³/mol. The normalized spacial score (nSPS) is 20.4. The van der Waals surface area contributed by atoms with Crippen LogP contribution in [0.25, 0.3) is 0 Å². The molecule has 0 saturated carbocycles. The lowest BCUT2D eigenvalue weighted by atomic mass is 9.93. The third kappa shape index (κ3) is 2.44. The van der Waals surface area contributed by atoms with Gasteiger partial charge in [-0.2, -0.15) is 0 Å². The lowest BCUT2D eigenvalue weighted by Gasteiger charge is -2.14. The summed E-state index contributed by atoms with van der Waals surface area (Å²) in [6.07, 6.45) is 0.895. The molecule has 0 saturated heterocycles. The maximum atomic E-state index is 11.6. The second kappa shape index (κ2) is 5.68. The monoisotopic (exact) mass is 285 g/mol. The molecule has 0 bridgehead atoms. The molecule has 2 aromatic carbocycles. The first-order valence-corrected chi connectivity index (χ1v) is 7.32. The van der Waals surface area contributed by atoms with Crippen LogP contribution in [0.2, 0.25) is 0 Å². The first-order chi connectivity index (χ1) is 9.79. The Hall–Kier alpha value is -1.80. The molecular formula is C17H16ClNO. The van der Waals surface area contributed by atoms with Gasteiger partial charge in [0.2, 0.25) is 5.91 Å². The van der Waals surface area contributed by atoms with Crippen molar-refractivity contribution in [2.45, 2.75) is 18.4 Å². The largest absolute Gasteiger partial charge is 0.348 e. The molecule has 0 unspecified atom stereocenters. The van der Waals surface area contributed by atoms with Crippen LogP contribution in [-0.2, 0) is 4.79 Å². The van der Waals surface area contributed by atoms with Crippen molar-refractivity contribution in [2.24, 2.45) is 0 Å². The maximum Gasteiger partial charge on any atom is 0.235 e. The quantitative estimate of drug-likeness (QED) is 0.858. The zero-order valence-corrected chi connectivity index (χ0v) is 11.8. The summed E-state index contributed by atoms with van der Waals surface area (Å²) in [6, 6.07) is 18.8. The average molecular weight is 286 g/mol. The van der Waals surface area contributed by atoms with Crippen LogP contribution in [0, 0.1) is 0 Å². The van der Waals surface area contributed by atoms with Crippen LogP contribution in [0.4, 0.5) is 0 Å². The standard InChI is InChI=1S/C17H16ClNO/c18-11-17(20)19-16-10-15(12-6-2-1-3-7-12)13-8-4-5-9-14(13)16/h1-9,15-16H,10-11H2,(H,19,20)/t15-,16-/m0/s1.